The maximum atomic E-state index is 11.6. The molecular weight excluding hydrogens is 977 g/mol. The number of aryl methyl sites for hydroxylation is 3. The van der Waals surface area contributed by atoms with Crippen molar-refractivity contribution in [2.24, 2.45) is 0 Å². The molecule has 0 aliphatic heterocycles. The highest BCUT2D eigenvalue weighted by atomic mass is 16.5. The lowest BCUT2D eigenvalue weighted by atomic mass is 9.96. The van der Waals surface area contributed by atoms with Gasteiger partial charge in [-0.25, -0.2) is 0 Å². The number of aliphatic carboxylic acids is 1. The van der Waals surface area contributed by atoms with Crippen molar-refractivity contribution in [1.29, 1.82) is 0 Å². The molecule has 78 heavy (non-hydrogen) atoms. The van der Waals surface area contributed by atoms with Crippen LogP contribution in [0.2, 0.25) is 0 Å². The molecule has 10 nitrogen and oxygen atoms in total. The first-order valence-corrected chi connectivity index (χ1v) is 26.5. The molecule has 0 fully saturated rings. The average Bonchev–Trinajstić information content (AvgIpc) is 4.22. The number of rotatable bonds is 13. The lowest BCUT2D eigenvalue weighted by Gasteiger charge is -2.16. The number of carboxylic acids is 1. The van der Waals surface area contributed by atoms with E-state index in [1.165, 1.54) is 58.7 Å². The topological polar surface area (TPSA) is 149 Å². The number of phenolic OH excluding ortho intramolecular Hbond substituents is 1. The molecule has 0 saturated carbocycles. The molecule has 10 heteroatoms. The van der Waals surface area contributed by atoms with Crippen molar-refractivity contribution in [2.75, 3.05) is 14.2 Å². The van der Waals surface area contributed by atoms with E-state index < -0.39 is 5.97 Å². The minimum atomic E-state index is -0.842. The molecule has 0 aromatic heterocycles. The molecule has 0 bridgehead atoms. The number of esters is 2. The van der Waals surface area contributed by atoms with Crippen molar-refractivity contribution in [3.8, 4) is 52.8 Å². The predicted molar refractivity (Wildman–Crippen MR) is 305 cm³/mol. The number of ether oxygens (including phenoxy) is 4. The van der Waals surface area contributed by atoms with Gasteiger partial charge in [0.1, 0.15) is 29.5 Å². The highest BCUT2D eigenvalue weighted by Gasteiger charge is 2.27. The standard InChI is InChI=1S/C23H24O3.C22H22O3.C13H14O3.C10H12O/c1-4-6-18(15-23(24)25-3)17-9-11-19(12-10-17)26-22-14-13-20-16(2)7-5-8-21(20)22;1-3-5-17(14-22(23)24)16-8-10-18(11-9-16)25-21-13-12-19-15(2)6-4-7-20(19)21;1-3-4-11(9-13(15)16-2)10-5-7-12(14)8-6-10;1-7-3-2-4-9-8(7)5-6-10(9)11/h5,7-12,18,22H,13-15H2,1-3H3;4,6-11,17,21H,12-14H2,1-2H3,(H,23,24);5-8,11,14H,9H2,1-2H3;2-4,10-11H,5-6H2,1H3/t18-,22?;17-,21?;11-;/m000./s1. The Balaban J connectivity index is 0.000000176. The number of aliphatic hydroxyl groups is 1. The van der Waals surface area contributed by atoms with Crippen molar-refractivity contribution in [3.63, 3.8) is 0 Å². The van der Waals surface area contributed by atoms with E-state index in [4.69, 9.17) is 24.4 Å². The number of aromatic hydroxyl groups is 1. The van der Waals surface area contributed by atoms with Crippen LogP contribution in [0.1, 0.15) is 162 Å². The molecule has 3 aliphatic rings. The van der Waals surface area contributed by atoms with Crippen LogP contribution in [-0.4, -0.2) is 47.4 Å². The third-order valence-corrected chi connectivity index (χ3v) is 14.3. The Labute approximate surface area is 461 Å². The zero-order valence-electron chi connectivity index (χ0n) is 46.2. The molecule has 0 heterocycles. The summed E-state index contributed by atoms with van der Waals surface area (Å²) < 4.78 is 21.8. The van der Waals surface area contributed by atoms with Gasteiger partial charge < -0.3 is 34.3 Å². The Morgan fingerprint density at radius 2 is 0.846 bits per heavy atom. The summed E-state index contributed by atoms with van der Waals surface area (Å²) in [6.45, 7) is 11.6. The van der Waals surface area contributed by atoms with Crippen LogP contribution in [0.3, 0.4) is 0 Å². The maximum Gasteiger partial charge on any atom is 0.307 e. The molecule has 3 aliphatic carbocycles. The summed E-state index contributed by atoms with van der Waals surface area (Å²) in [5.41, 5.74) is 14.7. The number of benzene rings is 6. The zero-order chi connectivity index (χ0) is 56.1. The number of hydrogen-bond donors (Lipinski definition) is 3. The third kappa shape index (κ3) is 16.4. The second-order valence-corrected chi connectivity index (χ2v) is 19.5. The lowest BCUT2D eigenvalue weighted by molar-refractivity contribution is -0.141. The van der Waals surface area contributed by atoms with Crippen LogP contribution in [0, 0.1) is 56.3 Å². The van der Waals surface area contributed by atoms with Crippen LogP contribution < -0.4 is 9.47 Å². The summed E-state index contributed by atoms with van der Waals surface area (Å²) in [6, 6.07) is 41.2. The Kier molecular flexibility index (Phi) is 22.2. The fourth-order valence-corrected chi connectivity index (χ4v) is 10.2. The second-order valence-electron chi connectivity index (χ2n) is 19.5. The van der Waals surface area contributed by atoms with Crippen LogP contribution >= 0.6 is 0 Å². The van der Waals surface area contributed by atoms with Gasteiger partial charge in [0.2, 0.25) is 0 Å². The van der Waals surface area contributed by atoms with E-state index in [1.807, 2.05) is 60.7 Å². The highest BCUT2D eigenvalue weighted by Crippen LogP contribution is 2.39. The number of methoxy groups -OCH3 is 2. The molecule has 6 aromatic carbocycles. The summed E-state index contributed by atoms with van der Waals surface area (Å²) >= 11 is 0. The van der Waals surface area contributed by atoms with E-state index in [0.29, 0.717) is 0 Å². The number of fused-ring (bicyclic) bond motifs is 3. The van der Waals surface area contributed by atoms with Gasteiger partial charge in [0.05, 0.1) is 57.3 Å². The van der Waals surface area contributed by atoms with Crippen molar-refractivity contribution >= 4 is 17.9 Å². The first-order chi connectivity index (χ1) is 37.7. The minimum absolute atomic E-state index is 0.0102. The highest BCUT2D eigenvalue weighted by molar-refractivity contribution is 5.72. The molecular formula is C68H72O10. The number of hydrogen-bond acceptors (Lipinski definition) is 9. The summed E-state index contributed by atoms with van der Waals surface area (Å²) in [7, 11) is 2.76. The van der Waals surface area contributed by atoms with E-state index in [1.54, 1.807) is 45.0 Å². The van der Waals surface area contributed by atoms with Gasteiger partial charge >= 0.3 is 17.9 Å². The summed E-state index contributed by atoms with van der Waals surface area (Å²) in [5, 5.41) is 27.7. The minimum Gasteiger partial charge on any atom is -0.508 e. The van der Waals surface area contributed by atoms with Crippen molar-refractivity contribution in [3.05, 3.63) is 194 Å². The summed E-state index contributed by atoms with van der Waals surface area (Å²) in [6.07, 6.45) is 6.55. The molecule has 0 amide bonds. The fourth-order valence-electron chi connectivity index (χ4n) is 10.2. The normalized spacial score (nSPS) is 16.0. The monoisotopic (exact) mass is 1050 g/mol. The molecule has 404 valence electrons. The van der Waals surface area contributed by atoms with Gasteiger partial charge in [0.15, 0.2) is 0 Å². The van der Waals surface area contributed by atoms with E-state index in [9.17, 15) is 19.5 Å². The Morgan fingerprint density at radius 1 is 0.500 bits per heavy atom. The average molecular weight is 1050 g/mol. The first kappa shape index (κ1) is 59.0. The number of aliphatic hydroxyl groups excluding tert-OH is 1. The number of carboxylic acid groups (broad SMARTS) is 1. The van der Waals surface area contributed by atoms with Gasteiger partial charge in [-0.3, -0.25) is 14.4 Å². The first-order valence-electron chi connectivity index (χ1n) is 26.5. The quantitative estimate of drug-likeness (QED) is 0.0754. The Morgan fingerprint density at radius 3 is 1.21 bits per heavy atom. The number of phenols is 1. The smallest absolute Gasteiger partial charge is 0.307 e. The van der Waals surface area contributed by atoms with E-state index in [2.05, 4.69) is 103 Å². The van der Waals surface area contributed by atoms with Crippen LogP contribution in [-0.2, 0) is 43.1 Å². The molecule has 0 saturated heterocycles. The largest absolute Gasteiger partial charge is 0.508 e. The van der Waals surface area contributed by atoms with Crippen LogP contribution in [0.15, 0.2) is 127 Å². The molecule has 0 spiro atoms. The molecule has 9 rings (SSSR count). The van der Waals surface area contributed by atoms with Gasteiger partial charge in [-0.05, 0) is 183 Å². The number of carbonyl (C=O) groups is 3. The van der Waals surface area contributed by atoms with E-state index >= 15 is 0 Å². The Bertz CT molecular complexity index is 3180. The van der Waals surface area contributed by atoms with Gasteiger partial charge in [0.25, 0.3) is 0 Å². The van der Waals surface area contributed by atoms with E-state index in [0.717, 1.165) is 72.3 Å². The fraction of sp³-hybridized carbons (Fsp3) is 0.338. The van der Waals surface area contributed by atoms with Crippen molar-refractivity contribution in [2.45, 2.75) is 135 Å². The van der Waals surface area contributed by atoms with E-state index in [-0.39, 0.29) is 73.0 Å². The SMILES string of the molecule is CC#C[C@@H](CC(=O)O)c1ccc(OC2CCc3c(C)cccc32)cc1.CC#C[C@@H](CC(=O)OC)c1ccc(O)cc1.CC#C[C@@H](CC(=O)OC)c1ccc(OC2CCc3c(C)cccc32)cc1.Cc1cccc2c1CCC2O. The summed E-state index contributed by atoms with van der Waals surface area (Å²) in [4.78, 5) is 33.8. The lowest BCUT2D eigenvalue weighted by Crippen LogP contribution is -2.08. The molecule has 6 atom stereocenters. The van der Waals surface area contributed by atoms with Crippen LogP contribution in [0.5, 0.6) is 17.2 Å². The molecule has 3 N–H and O–H groups in total. The van der Waals surface area contributed by atoms with Gasteiger partial charge in [0, 0.05) is 0 Å². The van der Waals surface area contributed by atoms with Crippen molar-refractivity contribution in [1.82, 2.24) is 0 Å². The zero-order valence-corrected chi connectivity index (χ0v) is 46.2. The molecule has 3 unspecified atom stereocenters. The summed E-state index contributed by atoms with van der Waals surface area (Å²) in [5.74, 6) is 17.3. The van der Waals surface area contributed by atoms with Crippen molar-refractivity contribution < 1.29 is 48.7 Å². The van der Waals surface area contributed by atoms with Crippen LogP contribution in [0.25, 0.3) is 0 Å². The maximum absolute atomic E-state index is 11.6. The number of carbonyl (C=O) groups excluding carboxylic acids is 2. The van der Waals surface area contributed by atoms with Gasteiger partial charge in [-0.1, -0.05) is 109 Å². The second kappa shape index (κ2) is 29.3. The van der Waals surface area contributed by atoms with Gasteiger partial charge in [-0.2, -0.15) is 0 Å². The third-order valence-electron chi connectivity index (χ3n) is 14.3. The van der Waals surface area contributed by atoms with Crippen LogP contribution in [0.4, 0.5) is 0 Å². The predicted octanol–water partition coefficient (Wildman–Crippen LogP) is 13.4. The van der Waals surface area contributed by atoms with Gasteiger partial charge in [-0.15, -0.1) is 17.8 Å². The molecule has 0 radical (unpaired) electrons. The Hall–Kier alpha value is -8.23. The molecule has 6 aromatic rings.